The van der Waals surface area contributed by atoms with Crippen molar-refractivity contribution in [2.75, 3.05) is 0 Å². The second-order valence-corrected chi connectivity index (χ2v) is 7.08. The van der Waals surface area contributed by atoms with Gasteiger partial charge in [0.05, 0.1) is 10.9 Å². The first-order valence-corrected chi connectivity index (χ1v) is 8.62. The van der Waals surface area contributed by atoms with E-state index in [4.69, 9.17) is 11.6 Å². The molecule has 0 unspecified atom stereocenters. The maximum atomic E-state index is 12.6. The number of aryl methyl sites for hydroxylation is 1. The second kappa shape index (κ2) is 7.15. The van der Waals surface area contributed by atoms with E-state index in [-0.39, 0.29) is 11.0 Å². The normalized spacial score (nSPS) is 12.1. The number of nitrogens with zero attached hydrogens (tertiary/aromatic N) is 4. The summed E-state index contributed by atoms with van der Waals surface area (Å²) in [4.78, 5) is 12.6. The fraction of sp³-hybridized carbons (Fsp3) is 0.176. The largest absolute Gasteiger partial charge is 0.293 e. The highest BCUT2D eigenvalue weighted by atomic mass is 35.5. The van der Waals surface area contributed by atoms with Gasteiger partial charge in [-0.1, -0.05) is 53.2 Å². The van der Waals surface area contributed by atoms with Crippen LogP contribution in [0.1, 0.15) is 22.8 Å². The number of thioether (sulfide) groups is 1. The lowest BCUT2D eigenvalue weighted by molar-refractivity contribution is 0.0994. The molecule has 2 aromatic carbocycles. The minimum Gasteiger partial charge on any atom is -0.293 e. The number of benzene rings is 2. The number of halogens is 1. The molecule has 3 aromatic rings. The van der Waals surface area contributed by atoms with Crippen LogP contribution in [0.3, 0.4) is 0 Å². The fourth-order valence-electron chi connectivity index (χ4n) is 2.16. The summed E-state index contributed by atoms with van der Waals surface area (Å²) in [6.07, 6.45) is 0. The third kappa shape index (κ3) is 3.66. The Balaban J connectivity index is 1.79. The molecule has 5 nitrogen and oxygen atoms in total. The molecule has 1 aromatic heterocycles. The molecular formula is C17H15ClN4OS. The van der Waals surface area contributed by atoms with Crippen molar-refractivity contribution >= 4 is 29.1 Å². The van der Waals surface area contributed by atoms with Crippen LogP contribution in [0.2, 0.25) is 5.02 Å². The molecule has 0 fully saturated rings. The molecule has 0 radical (unpaired) electrons. The van der Waals surface area contributed by atoms with Gasteiger partial charge in [0.25, 0.3) is 0 Å². The molecule has 3 rings (SSSR count). The van der Waals surface area contributed by atoms with E-state index in [0.717, 1.165) is 11.3 Å². The summed E-state index contributed by atoms with van der Waals surface area (Å²) in [5.41, 5.74) is 2.60. The van der Waals surface area contributed by atoms with E-state index in [0.29, 0.717) is 15.7 Å². The SMILES string of the molecule is Cc1ccc(C(=O)[C@H](C)Sc2nnnn2-c2ccc(Cl)cc2)cc1. The highest BCUT2D eigenvalue weighted by Gasteiger charge is 2.20. The molecule has 0 aliphatic heterocycles. The zero-order chi connectivity index (χ0) is 17.1. The maximum Gasteiger partial charge on any atom is 0.214 e. The van der Waals surface area contributed by atoms with Gasteiger partial charge in [-0.15, -0.1) is 5.10 Å². The molecule has 24 heavy (non-hydrogen) atoms. The van der Waals surface area contributed by atoms with Crippen LogP contribution in [0, 0.1) is 6.92 Å². The molecule has 122 valence electrons. The molecule has 1 heterocycles. The fourth-order valence-corrected chi connectivity index (χ4v) is 3.17. The Morgan fingerprint density at radius 2 is 1.79 bits per heavy atom. The molecule has 0 N–H and O–H groups in total. The molecule has 0 aliphatic rings. The zero-order valence-corrected chi connectivity index (χ0v) is 14.8. The summed E-state index contributed by atoms with van der Waals surface area (Å²) in [7, 11) is 0. The Bertz CT molecular complexity index is 846. The van der Waals surface area contributed by atoms with Gasteiger partial charge in [0.15, 0.2) is 5.78 Å². The van der Waals surface area contributed by atoms with Gasteiger partial charge in [-0.05, 0) is 48.5 Å². The Morgan fingerprint density at radius 1 is 1.12 bits per heavy atom. The van der Waals surface area contributed by atoms with Gasteiger partial charge in [0.2, 0.25) is 5.16 Å². The monoisotopic (exact) mass is 358 g/mol. The van der Waals surface area contributed by atoms with Crippen LogP contribution in [-0.4, -0.2) is 31.2 Å². The molecule has 0 spiro atoms. The molecule has 0 saturated heterocycles. The average molecular weight is 359 g/mol. The summed E-state index contributed by atoms with van der Waals surface area (Å²) < 4.78 is 1.60. The van der Waals surface area contributed by atoms with Crippen LogP contribution >= 0.6 is 23.4 Å². The van der Waals surface area contributed by atoms with Gasteiger partial charge in [-0.3, -0.25) is 4.79 Å². The summed E-state index contributed by atoms with van der Waals surface area (Å²) in [6, 6.07) is 14.8. The van der Waals surface area contributed by atoms with E-state index in [9.17, 15) is 4.79 Å². The molecule has 0 saturated carbocycles. The highest BCUT2D eigenvalue weighted by molar-refractivity contribution is 8.00. The van der Waals surface area contributed by atoms with Crippen molar-refractivity contribution in [3.63, 3.8) is 0 Å². The minimum absolute atomic E-state index is 0.0469. The Hall–Kier alpha value is -2.18. The summed E-state index contributed by atoms with van der Waals surface area (Å²) >= 11 is 7.23. The Morgan fingerprint density at radius 3 is 2.46 bits per heavy atom. The van der Waals surface area contributed by atoms with Gasteiger partial charge in [0.1, 0.15) is 0 Å². The van der Waals surface area contributed by atoms with Crippen LogP contribution < -0.4 is 0 Å². The third-order valence-electron chi connectivity index (χ3n) is 3.50. The average Bonchev–Trinajstić information content (AvgIpc) is 3.03. The minimum atomic E-state index is -0.301. The maximum absolute atomic E-state index is 12.6. The number of rotatable bonds is 5. The summed E-state index contributed by atoms with van der Waals surface area (Å²) in [6.45, 7) is 3.85. The van der Waals surface area contributed by atoms with Crippen molar-refractivity contribution in [2.24, 2.45) is 0 Å². The van der Waals surface area contributed by atoms with Crippen molar-refractivity contribution < 1.29 is 4.79 Å². The molecule has 0 bridgehead atoms. The van der Waals surface area contributed by atoms with Crippen molar-refractivity contribution in [3.05, 3.63) is 64.7 Å². The van der Waals surface area contributed by atoms with Gasteiger partial charge in [-0.2, -0.15) is 4.68 Å². The van der Waals surface area contributed by atoms with Gasteiger partial charge in [-0.25, -0.2) is 0 Å². The number of hydrogen-bond acceptors (Lipinski definition) is 5. The van der Waals surface area contributed by atoms with E-state index in [1.54, 1.807) is 16.8 Å². The lowest BCUT2D eigenvalue weighted by Crippen LogP contribution is -2.14. The predicted octanol–water partition coefficient (Wildman–Crippen LogP) is 3.99. The quantitative estimate of drug-likeness (QED) is 0.510. The predicted molar refractivity (Wildman–Crippen MR) is 95.0 cm³/mol. The van der Waals surface area contributed by atoms with Crippen LogP contribution in [0.15, 0.2) is 53.7 Å². The number of hydrogen-bond donors (Lipinski definition) is 0. The van der Waals surface area contributed by atoms with E-state index >= 15 is 0 Å². The number of aromatic nitrogens is 4. The number of carbonyl (C=O) groups excluding carboxylic acids is 1. The standard InChI is InChI=1S/C17H15ClN4OS/c1-11-3-5-13(6-4-11)16(23)12(2)24-17-19-20-21-22(17)15-9-7-14(18)8-10-15/h3-10,12H,1-2H3/t12-/m0/s1. The van der Waals surface area contributed by atoms with Crippen molar-refractivity contribution in [3.8, 4) is 5.69 Å². The van der Waals surface area contributed by atoms with E-state index in [1.807, 2.05) is 50.2 Å². The number of tetrazole rings is 1. The molecule has 7 heteroatoms. The van der Waals surface area contributed by atoms with Crippen LogP contribution in [0.4, 0.5) is 0 Å². The third-order valence-corrected chi connectivity index (χ3v) is 4.78. The van der Waals surface area contributed by atoms with E-state index < -0.39 is 0 Å². The van der Waals surface area contributed by atoms with Crippen molar-refractivity contribution in [1.29, 1.82) is 0 Å². The van der Waals surface area contributed by atoms with Crippen LogP contribution in [-0.2, 0) is 0 Å². The first-order valence-electron chi connectivity index (χ1n) is 7.36. The van der Waals surface area contributed by atoms with Gasteiger partial charge in [0, 0.05) is 10.6 Å². The van der Waals surface area contributed by atoms with Gasteiger partial charge >= 0.3 is 0 Å². The van der Waals surface area contributed by atoms with Crippen LogP contribution in [0.25, 0.3) is 5.69 Å². The lowest BCUT2D eigenvalue weighted by Gasteiger charge is -2.10. The second-order valence-electron chi connectivity index (χ2n) is 5.34. The van der Waals surface area contributed by atoms with E-state index in [2.05, 4.69) is 15.5 Å². The van der Waals surface area contributed by atoms with Crippen molar-refractivity contribution in [2.45, 2.75) is 24.3 Å². The first-order chi connectivity index (χ1) is 11.5. The number of carbonyl (C=O) groups is 1. The lowest BCUT2D eigenvalue weighted by atomic mass is 10.1. The number of Topliss-reactive ketones (excluding diaryl/α,β-unsaturated/α-hetero) is 1. The van der Waals surface area contributed by atoms with Crippen LogP contribution in [0.5, 0.6) is 0 Å². The topological polar surface area (TPSA) is 60.7 Å². The number of ketones is 1. The molecule has 0 aliphatic carbocycles. The smallest absolute Gasteiger partial charge is 0.214 e. The zero-order valence-electron chi connectivity index (χ0n) is 13.2. The highest BCUT2D eigenvalue weighted by Crippen LogP contribution is 2.25. The Kier molecular flexibility index (Phi) is 4.97. The molecule has 1 atom stereocenters. The summed E-state index contributed by atoms with van der Waals surface area (Å²) in [5.74, 6) is 0.0469. The van der Waals surface area contributed by atoms with Crippen molar-refractivity contribution in [1.82, 2.24) is 20.2 Å². The molecule has 0 amide bonds. The summed E-state index contributed by atoms with van der Waals surface area (Å²) in [5, 5.41) is 12.6. The Labute approximate surface area is 149 Å². The van der Waals surface area contributed by atoms with Gasteiger partial charge < -0.3 is 0 Å². The first kappa shape index (κ1) is 16.7. The van der Waals surface area contributed by atoms with E-state index in [1.165, 1.54) is 11.8 Å². The molecular weight excluding hydrogens is 344 g/mol.